The number of carbonyl (C=O) groups excluding carboxylic acids is 1. The first-order valence-electron chi connectivity index (χ1n) is 9.25. The highest BCUT2D eigenvalue weighted by molar-refractivity contribution is 7.80. The summed E-state index contributed by atoms with van der Waals surface area (Å²) < 4.78 is 26.7. The van der Waals surface area contributed by atoms with E-state index in [1.807, 2.05) is 25.1 Å². The maximum absolute atomic E-state index is 12.6. The number of anilines is 1. The molecule has 0 saturated carbocycles. The highest BCUT2D eigenvalue weighted by atomic mass is 32.1. The van der Waals surface area contributed by atoms with Crippen LogP contribution in [0.15, 0.2) is 36.4 Å². The van der Waals surface area contributed by atoms with Crippen LogP contribution in [0.3, 0.4) is 0 Å². The molecule has 0 aromatic heterocycles. The number of hydrogen-bond acceptors (Lipinski definition) is 7. The number of hydrogen-bond donors (Lipinski definition) is 2. The van der Waals surface area contributed by atoms with Crippen LogP contribution in [0.25, 0.3) is 0 Å². The molecule has 0 unspecified atom stereocenters. The molecule has 8 nitrogen and oxygen atoms in total. The molecule has 0 saturated heterocycles. The summed E-state index contributed by atoms with van der Waals surface area (Å²) >= 11 is 5.26. The van der Waals surface area contributed by atoms with Gasteiger partial charge in [0.15, 0.2) is 16.6 Å². The minimum absolute atomic E-state index is 0.139. The van der Waals surface area contributed by atoms with Crippen molar-refractivity contribution in [2.45, 2.75) is 6.92 Å². The van der Waals surface area contributed by atoms with Gasteiger partial charge in [-0.25, -0.2) is 0 Å². The number of thiocarbonyl (C=S) groups is 1. The molecule has 2 aromatic carbocycles. The van der Waals surface area contributed by atoms with Crippen molar-refractivity contribution >= 4 is 28.9 Å². The number of rotatable bonds is 10. The van der Waals surface area contributed by atoms with E-state index in [-0.39, 0.29) is 5.11 Å². The second kappa shape index (κ2) is 11.8. The summed E-state index contributed by atoms with van der Waals surface area (Å²) in [6.45, 7) is 3.53. The highest BCUT2D eigenvalue weighted by Crippen LogP contribution is 2.38. The second-order valence-corrected chi connectivity index (χ2v) is 6.30. The summed E-state index contributed by atoms with van der Waals surface area (Å²) in [4.78, 5) is 12.6. The lowest BCUT2D eigenvalue weighted by molar-refractivity contribution is 0.0977. The van der Waals surface area contributed by atoms with Gasteiger partial charge in [0.05, 0.1) is 27.9 Å². The molecule has 0 aliphatic heterocycles. The van der Waals surface area contributed by atoms with E-state index >= 15 is 0 Å². The van der Waals surface area contributed by atoms with E-state index < -0.39 is 5.91 Å². The van der Waals surface area contributed by atoms with Crippen molar-refractivity contribution in [1.82, 2.24) is 5.32 Å². The van der Waals surface area contributed by atoms with E-state index in [2.05, 4.69) is 10.6 Å². The van der Waals surface area contributed by atoms with Crippen molar-refractivity contribution in [2.24, 2.45) is 0 Å². The average molecular weight is 435 g/mol. The van der Waals surface area contributed by atoms with Gasteiger partial charge in [0.2, 0.25) is 5.75 Å². The molecule has 162 valence electrons. The summed E-state index contributed by atoms with van der Waals surface area (Å²) in [6.07, 6.45) is 0. The lowest BCUT2D eigenvalue weighted by Gasteiger charge is -2.15. The Morgan fingerprint density at radius 1 is 1.00 bits per heavy atom. The maximum atomic E-state index is 12.6. The fourth-order valence-corrected chi connectivity index (χ4v) is 2.79. The molecule has 30 heavy (non-hydrogen) atoms. The quantitative estimate of drug-likeness (QED) is 0.435. The Kier molecular flexibility index (Phi) is 9.17. The molecule has 2 aromatic rings. The van der Waals surface area contributed by atoms with Gasteiger partial charge in [0, 0.05) is 23.9 Å². The number of amides is 1. The molecular formula is C21H26N2O6S. The zero-order valence-corrected chi connectivity index (χ0v) is 18.3. The molecule has 0 fully saturated rings. The monoisotopic (exact) mass is 434 g/mol. The molecule has 0 radical (unpaired) electrons. The number of ether oxygens (including phenoxy) is 5. The first-order chi connectivity index (χ1) is 14.5. The number of carbonyl (C=O) groups is 1. The molecule has 0 heterocycles. The predicted molar refractivity (Wildman–Crippen MR) is 118 cm³/mol. The molecule has 2 rings (SSSR count). The lowest BCUT2D eigenvalue weighted by Crippen LogP contribution is -2.34. The normalized spacial score (nSPS) is 10.1. The van der Waals surface area contributed by atoms with Crippen LogP contribution >= 0.6 is 12.2 Å². The van der Waals surface area contributed by atoms with Crippen molar-refractivity contribution in [3.8, 4) is 23.0 Å². The topological polar surface area (TPSA) is 87.3 Å². The fourth-order valence-electron chi connectivity index (χ4n) is 2.58. The van der Waals surface area contributed by atoms with Gasteiger partial charge in [-0.3, -0.25) is 10.1 Å². The smallest absolute Gasteiger partial charge is 0.257 e. The molecule has 0 bridgehead atoms. The van der Waals surface area contributed by atoms with Crippen LogP contribution in [0.1, 0.15) is 17.3 Å². The SMILES string of the molecule is CCOCCOc1cccc(NC(=S)NC(=O)c2cc(OC)c(OC)c(OC)c2)c1. The van der Waals surface area contributed by atoms with Crippen LogP contribution in [-0.2, 0) is 4.74 Å². The molecule has 1 amide bonds. The summed E-state index contributed by atoms with van der Waals surface area (Å²) in [5.41, 5.74) is 0.987. The van der Waals surface area contributed by atoms with E-state index in [1.165, 1.54) is 21.3 Å². The van der Waals surface area contributed by atoms with Gasteiger partial charge >= 0.3 is 0 Å². The van der Waals surface area contributed by atoms with E-state index in [9.17, 15) is 4.79 Å². The Labute approximate surface area is 181 Å². The Morgan fingerprint density at radius 3 is 2.30 bits per heavy atom. The van der Waals surface area contributed by atoms with Crippen molar-refractivity contribution < 1.29 is 28.5 Å². The van der Waals surface area contributed by atoms with E-state index in [4.69, 9.17) is 35.9 Å². The maximum Gasteiger partial charge on any atom is 0.257 e. The summed E-state index contributed by atoms with van der Waals surface area (Å²) in [5.74, 6) is 1.39. The summed E-state index contributed by atoms with van der Waals surface area (Å²) in [5, 5.41) is 5.74. The second-order valence-electron chi connectivity index (χ2n) is 5.90. The highest BCUT2D eigenvalue weighted by Gasteiger charge is 2.17. The van der Waals surface area contributed by atoms with Gasteiger partial charge < -0.3 is 29.0 Å². The standard InChI is InChI=1S/C21H26N2O6S/c1-5-28-9-10-29-16-8-6-7-15(13-16)22-21(30)23-20(24)14-11-17(25-2)19(27-4)18(12-14)26-3/h6-8,11-13H,5,9-10H2,1-4H3,(H2,22,23,24,30). The molecule has 0 spiro atoms. The first-order valence-corrected chi connectivity index (χ1v) is 9.66. The van der Waals surface area contributed by atoms with Gasteiger partial charge in [-0.05, 0) is 43.4 Å². The van der Waals surface area contributed by atoms with Gasteiger partial charge in [-0.15, -0.1) is 0 Å². The third kappa shape index (κ3) is 6.50. The number of methoxy groups -OCH3 is 3. The van der Waals surface area contributed by atoms with Crippen LogP contribution in [-0.4, -0.2) is 52.2 Å². The largest absolute Gasteiger partial charge is 0.493 e. The summed E-state index contributed by atoms with van der Waals surface area (Å²) in [6, 6.07) is 10.3. The third-order valence-corrected chi connectivity index (χ3v) is 4.15. The van der Waals surface area contributed by atoms with Gasteiger partial charge in [0.1, 0.15) is 12.4 Å². The summed E-state index contributed by atoms with van der Waals surface area (Å²) in [7, 11) is 4.46. The third-order valence-electron chi connectivity index (χ3n) is 3.95. The number of nitrogens with one attached hydrogen (secondary N) is 2. The van der Waals surface area contributed by atoms with Crippen molar-refractivity contribution in [3.63, 3.8) is 0 Å². The zero-order chi connectivity index (χ0) is 21.9. The van der Waals surface area contributed by atoms with Gasteiger partial charge in [-0.1, -0.05) is 6.07 Å². The Balaban J connectivity index is 2.02. The molecular weight excluding hydrogens is 408 g/mol. The molecule has 0 atom stereocenters. The van der Waals surface area contributed by atoms with Crippen molar-refractivity contribution in [2.75, 3.05) is 46.5 Å². The average Bonchev–Trinajstić information content (AvgIpc) is 2.75. The molecule has 0 aliphatic rings. The van der Waals surface area contributed by atoms with Crippen LogP contribution in [0.5, 0.6) is 23.0 Å². The Morgan fingerprint density at radius 2 is 1.70 bits per heavy atom. The van der Waals surface area contributed by atoms with Crippen molar-refractivity contribution in [3.05, 3.63) is 42.0 Å². The first kappa shape index (κ1) is 23.2. The van der Waals surface area contributed by atoms with E-state index in [0.29, 0.717) is 54.1 Å². The predicted octanol–water partition coefficient (Wildman–Crippen LogP) is 3.25. The molecule has 2 N–H and O–H groups in total. The van der Waals surface area contributed by atoms with E-state index in [1.54, 1.807) is 18.2 Å². The van der Waals surface area contributed by atoms with Crippen molar-refractivity contribution in [1.29, 1.82) is 0 Å². The minimum Gasteiger partial charge on any atom is -0.493 e. The van der Waals surface area contributed by atoms with Gasteiger partial charge in [0.25, 0.3) is 5.91 Å². The van der Waals surface area contributed by atoms with E-state index in [0.717, 1.165) is 0 Å². The number of benzene rings is 2. The van der Waals surface area contributed by atoms with Crippen LogP contribution in [0, 0.1) is 0 Å². The van der Waals surface area contributed by atoms with Crippen LogP contribution in [0.4, 0.5) is 5.69 Å². The Bertz CT molecular complexity index is 849. The fraction of sp³-hybridized carbons (Fsp3) is 0.333. The zero-order valence-electron chi connectivity index (χ0n) is 17.4. The van der Waals surface area contributed by atoms with Gasteiger partial charge in [-0.2, -0.15) is 0 Å². The lowest BCUT2D eigenvalue weighted by atomic mass is 10.1. The molecule has 9 heteroatoms. The van der Waals surface area contributed by atoms with Crippen LogP contribution in [0.2, 0.25) is 0 Å². The Hall–Kier alpha value is -3.04. The van der Waals surface area contributed by atoms with Crippen LogP contribution < -0.4 is 29.6 Å². The molecule has 0 aliphatic carbocycles. The minimum atomic E-state index is -0.420.